The zero-order chi connectivity index (χ0) is 20.2. The number of aromatic nitrogens is 2. The molecule has 1 N–H and O–H groups in total. The molecule has 3 heterocycles. The topological polar surface area (TPSA) is 88.7 Å². The molecule has 4 rings (SSSR count). The summed E-state index contributed by atoms with van der Waals surface area (Å²) in [5.41, 5.74) is 2.97. The van der Waals surface area contributed by atoms with Crippen LogP contribution in [0.25, 0.3) is 0 Å². The quantitative estimate of drug-likeness (QED) is 0.716. The van der Waals surface area contributed by atoms with Gasteiger partial charge < -0.3 is 19.3 Å². The van der Waals surface area contributed by atoms with Gasteiger partial charge in [0.15, 0.2) is 6.10 Å². The van der Waals surface area contributed by atoms with Crippen molar-refractivity contribution < 1.29 is 19.2 Å². The molecule has 1 fully saturated rings. The number of pyridine rings is 1. The molecule has 1 aliphatic rings. The van der Waals surface area contributed by atoms with Gasteiger partial charge in [0, 0.05) is 25.2 Å². The summed E-state index contributed by atoms with van der Waals surface area (Å²) >= 11 is 0. The van der Waals surface area contributed by atoms with E-state index in [0.717, 1.165) is 11.1 Å². The summed E-state index contributed by atoms with van der Waals surface area (Å²) in [5, 5.41) is 13.7. The number of amides is 1. The molecule has 150 valence electrons. The Hall–Kier alpha value is -3.19. The van der Waals surface area contributed by atoms with Crippen molar-refractivity contribution in [1.82, 2.24) is 15.0 Å². The fourth-order valence-corrected chi connectivity index (χ4v) is 3.44. The molecular formula is C22H23N3O4. The summed E-state index contributed by atoms with van der Waals surface area (Å²) in [6.45, 7) is 3.06. The predicted molar refractivity (Wildman–Crippen MR) is 106 cm³/mol. The van der Waals surface area contributed by atoms with Crippen LogP contribution >= 0.6 is 0 Å². The molecule has 0 radical (unpaired) electrons. The third-order valence-corrected chi connectivity index (χ3v) is 5.00. The van der Waals surface area contributed by atoms with Gasteiger partial charge in [-0.1, -0.05) is 41.1 Å². The predicted octanol–water partition coefficient (Wildman–Crippen LogP) is 3.14. The third kappa shape index (κ3) is 4.46. The molecule has 3 aromatic rings. The first-order valence-corrected chi connectivity index (χ1v) is 9.68. The highest BCUT2D eigenvalue weighted by Crippen LogP contribution is 2.27. The summed E-state index contributed by atoms with van der Waals surface area (Å²) in [4.78, 5) is 18.9. The Morgan fingerprint density at radius 2 is 2.00 bits per heavy atom. The van der Waals surface area contributed by atoms with Crippen molar-refractivity contribution in [2.75, 3.05) is 13.1 Å². The zero-order valence-electron chi connectivity index (χ0n) is 16.2. The average molecular weight is 393 g/mol. The molecule has 7 heteroatoms. The van der Waals surface area contributed by atoms with Gasteiger partial charge in [-0.05, 0) is 31.4 Å². The number of benzene rings is 1. The van der Waals surface area contributed by atoms with Gasteiger partial charge in [-0.3, -0.25) is 4.79 Å². The maximum Gasteiger partial charge on any atom is 0.272 e. The van der Waals surface area contributed by atoms with Gasteiger partial charge in [0.05, 0.1) is 6.10 Å². The number of hydrogen-bond donors (Lipinski definition) is 1. The minimum atomic E-state index is -0.503. The standard InChI is InChI=1S/C22H23N3O4/c1-15-4-2-5-16(14-15)21(18-10-13-28-24-18)29-20-7-3-6-19(23-20)22(27)25-11-8-17(26)9-12-25/h2-7,10,13-14,17,21,26H,8-9,11-12H2,1H3. The largest absolute Gasteiger partial charge is 0.463 e. The van der Waals surface area contributed by atoms with Gasteiger partial charge in [-0.25, -0.2) is 4.98 Å². The van der Waals surface area contributed by atoms with Crippen LogP contribution in [0, 0.1) is 6.92 Å². The van der Waals surface area contributed by atoms with Crippen LogP contribution in [-0.2, 0) is 0 Å². The van der Waals surface area contributed by atoms with Crippen molar-refractivity contribution in [3.8, 4) is 5.88 Å². The zero-order valence-corrected chi connectivity index (χ0v) is 16.2. The smallest absolute Gasteiger partial charge is 0.272 e. The number of ether oxygens (including phenoxy) is 1. The highest BCUT2D eigenvalue weighted by atomic mass is 16.5. The van der Waals surface area contributed by atoms with Gasteiger partial charge in [-0.15, -0.1) is 0 Å². The fourth-order valence-electron chi connectivity index (χ4n) is 3.44. The number of piperidine rings is 1. The number of carbonyl (C=O) groups is 1. The number of likely N-dealkylation sites (tertiary alicyclic amines) is 1. The monoisotopic (exact) mass is 393 g/mol. The van der Waals surface area contributed by atoms with Gasteiger partial charge in [-0.2, -0.15) is 0 Å². The third-order valence-electron chi connectivity index (χ3n) is 5.00. The van der Waals surface area contributed by atoms with Crippen LogP contribution in [0.4, 0.5) is 0 Å². The van der Waals surface area contributed by atoms with E-state index in [0.29, 0.717) is 43.2 Å². The summed E-state index contributed by atoms with van der Waals surface area (Å²) < 4.78 is 11.2. The lowest BCUT2D eigenvalue weighted by atomic mass is 10.0. The van der Waals surface area contributed by atoms with E-state index in [4.69, 9.17) is 9.26 Å². The first-order valence-electron chi connectivity index (χ1n) is 9.68. The molecule has 1 unspecified atom stereocenters. The Kier molecular flexibility index (Phi) is 5.57. The molecule has 7 nitrogen and oxygen atoms in total. The Labute approximate surface area is 168 Å². The molecule has 1 aliphatic heterocycles. The van der Waals surface area contributed by atoms with Gasteiger partial charge in [0.1, 0.15) is 17.7 Å². The van der Waals surface area contributed by atoms with Crippen LogP contribution in [0.1, 0.15) is 46.3 Å². The number of aliphatic hydroxyl groups excluding tert-OH is 1. The maximum atomic E-state index is 12.8. The number of rotatable bonds is 5. The van der Waals surface area contributed by atoms with E-state index in [1.165, 1.54) is 6.26 Å². The van der Waals surface area contributed by atoms with Crippen molar-refractivity contribution in [3.05, 3.63) is 77.3 Å². The van der Waals surface area contributed by atoms with Crippen LogP contribution in [0.5, 0.6) is 5.88 Å². The molecule has 1 saturated heterocycles. The molecule has 1 amide bonds. The van der Waals surface area contributed by atoms with Crippen molar-refractivity contribution in [3.63, 3.8) is 0 Å². The Morgan fingerprint density at radius 3 is 2.72 bits per heavy atom. The summed E-state index contributed by atoms with van der Waals surface area (Å²) in [7, 11) is 0. The van der Waals surface area contributed by atoms with Crippen molar-refractivity contribution >= 4 is 5.91 Å². The van der Waals surface area contributed by atoms with Gasteiger partial charge in [0.2, 0.25) is 5.88 Å². The molecule has 29 heavy (non-hydrogen) atoms. The van der Waals surface area contributed by atoms with Crippen LogP contribution in [0.3, 0.4) is 0 Å². The van der Waals surface area contributed by atoms with Crippen LogP contribution in [0.2, 0.25) is 0 Å². The molecule has 0 spiro atoms. The van der Waals surface area contributed by atoms with Crippen molar-refractivity contribution in [2.24, 2.45) is 0 Å². The first-order chi connectivity index (χ1) is 14.1. The van der Waals surface area contributed by atoms with E-state index in [1.54, 1.807) is 29.2 Å². The maximum absolute atomic E-state index is 12.8. The van der Waals surface area contributed by atoms with Gasteiger partial charge in [0.25, 0.3) is 5.91 Å². The lowest BCUT2D eigenvalue weighted by Gasteiger charge is -2.29. The van der Waals surface area contributed by atoms with Crippen molar-refractivity contribution in [1.29, 1.82) is 0 Å². The number of nitrogens with zero attached hydrogens (tertiary/aromatic N) is 3. The van der Waals surface area contributed by atoms with E-state index in [9.17, 15) is 9.90 Å². The molecule has 0 saturated carbocycles. The van der Waals surface area contributed by atoms with E-state index < -0.39 is 6.10 Å². The molecule has 0 aliphatic carbocycles. The molecular weight excluding hydrogens is 370 g/mol. The minimum Gasteiger partial charge on any atom is -0.463 e. The highest BCUT2D eigenvalue weighted by Gasteiger charge is 2.24. The van der Waals surface area contributed by atoms with E-state index in [2.05, 4.69) is 10.1 Å². The Balaban J connectivity index is 1.57. The molecule has 1 atom stereocenters. The Morgan fingerprint density at radius 1 is 1.21 bits per heavy atom. The normalized spacial score (nSPS) is 15.9. The second-order valence-electron chi connectivity index (χ2n) is 7.22. The van der Waals surface area contributed by atoms with Gasteiger partial charge >= 0.3 is 0 Å². The average Bonchev–Trinajstić information content (AvgIpc) is 3.27. The Bertz CT molecular complexity index is 966. The summed E-state index contributed by atoms with van der Waals surface area (Å²) in [6, 6.07) is 14.9. The summed E-state index contributed by atoms with van der Waals surface area (Å²) in [6.07, 6.45) is 1.84. The van der Waals surface area contributed by atoms with Crippen LogP contribution < -0.4 is 4.74 Å². The summed E-state index contributed by atoms with van der Waals surface area (Å²) in [5.74, 6) is 0.179. The molecule has 0 bridgehead atoms. The second-order valence-corrected chi connectivity index (χ2v) is 7.22. The van der Waals surface area contributed by atoms with Crippen LogP contribution in [0.15, 0.2) is 59.3 Å². The number of hydrogen-bond acceptors (Lipinski definition) is 6. The molecule has 1 aromatic carbocycles. The highest BCUT2D eigenvalue weighted by molar-refractivity contribution is 5.92. The lowest BCUT2D eigenvalue weighted by Crippen LogP contribution is -2.40. The number of aryl methyl sites for hydroxylation is 1. The first kappa shape index (κ1) is 19.1. The number of carbonyl (C=O) groups excluding carboxylic acids is 1. The van der Waals surface area contributed by atoms with E-state index in [1.807, 2.05) is 31.2 Å². The molecule has 2 aromatic heterocycles. The number of aliphatic hydroxyl groups is 1. The fraction of sp³-hybridized carbons (Fsp3) is 0.318. The second kappa shape index (κ2) is 8.45. The SMILES string of the molecule is Cc1cccc(C(Oc2cccc(C(=O)N3CCC(O)CC3)n2)c2ccon2)c1. The van der Waals surface area contributed by atoms with E-state index in [-0.39, 0.29) is 12.0 Å². The van der Waals surface area contributed by atoms with Crippen LogP contribution in [-0.4, -0.2) is 45.2 Å². The van der Waals surface area contributed by atoms with Crippen molar-refractivity contribution in [2.45, 2.75) is 32.0 Å². The minimum absolute atomic E-state index is 0.157. The van der Waals surface area contributed by atoms with E-state index >= 15 is 0 Å². The lowest BCUT2D eigenvalue weighted by molar-refractivity contribution is 0.0540.